The zero-order valence-electron chi connectivity index (χ0n) is 11.1. The van der Waals surface area contributed by atoms with Crippen LogP contribution in [-0.2, 0) is 6.54 Å². The molecular weight excluding hydrogens is 226 g/mol. The first-order chi connectivity index (χ1) is 8.65. The summed E-state index contributed by atoms with van der Waals surface area (Å²) in [5.74, 6) is 0.746. The van der Waals surface area contributed by atoms with Gasteiger partial charge in [0.1, 0.15) is 0 Å². The predicted molar refractivity (Wildman–Crippen MR) is 71.2 cm³/mol. The smallest absolute Gasteiger partial charge is 0.317 e. The number of amides is 2. The highest BCUT2D eigenvalue weighted by atomic mass is 16.2. The molecule has 1 aromatic rings. The number of nitrogens with zero attached hydrogens (tertiary/aromatic N) is 2. The number of urea groups is 1. The molecule has 0 radical (unpaired) electrons. The molecule has 1 aliphatic heterocycles. The second-order valence-corrected chi connectivity index (χ2v) is 5.14. The first-order valence-corrected chi connectivity index (χ1v) is 6.59. The van der Waals surface area contributed by atoms with Crippen LogP contribution in [0.25, 0.3) is 0 Å². The Morgan fingerprint density at radius 1 is 1.44 bits per heavy atom. The highest BCUT2D eigenvalue weighted by Crippen LogP contribution is 2.15. The molecule has 2 heterocycles. The van der Waals surface area contributed by atoms with E-state index in [9.17, 15) is 4.79 Å². The van der Waals surface area contributed by atoms with Crippen LogP contribution in [0.2, 0.25) is 0 Å². The summed E-state index contributed by atoms with van der Waals surface area (Å²) in [6.07, 6.45) is 4.03. The minimum Gasteiger partial charge on any atom is -0.334 e. The van der Waals surface area contributed by atoms with E-state index < -0.39 is 0 Å². The predicted octanol–water partition coefficient (Wildman–Crippen LogP) is 2.33. The fourth-order valence-corrected chi connectivity index (χ4v) is 2.10. The number of likely N-dealkylation sites (tertiary alicyclic amines) is 1. The Morgan fingerprint density at radius 2 is 2.17 bits per heavy atom. The molecule has 0 aliphatic carbocycles. The van der Waals surface area contributed by atoms with Crippen LogP contribution in [0.1, 0.15) is 31.0 Å². The van der Waals surface area contributed by atoms with Crippen LogP contribution in [0.15, 0.2) is 18.3 Å². The lowest BCUT2D eigenvalue weighted by Crippen LogP contribution is -2.43. The average molecular weight is 247 g/mol. The van der Waals surface area contributed by atoms with Crippen molar-refractivity contribution in [1.82, 2.24) is 15.2 Å². The molecule has 1 aliphatic rings. The van der Waals surface area contributed by atoms with E-state index in [1.54, 1.807) is 0 Å². The number of aryl methyl sites for hydroxylation is 1. The highest BCUT2D eigenvalue weighted by molar-refractivity contribution is 5.74. The fourth-order valence-electron chi connectivity index (χ4n) is 2.10. The number of hydrogen-bond donors (Lipinski definition) is 1. The molecule has 1 saturated heterocycles. The summed E-state index contributed by atoms with van der Waals surface area (Å²) in [6.45, 7) is 6.50. The first kappa shape index (κ1) is 12.9. The number of pyridine rings is 1. The van der Waals surface area contributed by atoms with Crippen molar-refractivity contribution < 1.29 is 4.79 Å². The van der Waals surface area contributed by atoms with Gasteiger partial charge in [-0.15, -0.1) is 0 Å². The molecule has 4 heteroatoms. The lowest BCUT2D eigenvalue weighted by Gasteiger charge is -2.30. The molecule has 1 aromatic heterocycles. The number of carbonyl (C=O) groups is 1. The average Bonchev–Trinajstić information content (AvgIpc) is 2.38. The van der Waals surface area contributed by atoms with Gasteiger partial charge in [0.05, 0.1) is 0 Å². The third kappa shape index (κ3) is 3.45. The van der Waals surface area contributed by atoms with Gasteiger partial charge in [0, 0.05) is 31.5 Å². The lowest BCUT2D eigenvalue weighted by molar-refractivity contribution is 0.173. The van der Waals surface area contributed by atoms with Crippen molar-refractivity contribution in [3.8, 4) is 0 Å². The van der Waals surface area contributed by atoms with Crippen molar-refractivity contribution >= 4 is 6.03 Å². The Bertz CT molecular complexity index is 394. The molecule has 18 heavy (non-hydrogen) atoms. The van der Waals surface area contributed by atoms with Crippen LogP contribution in [0.4, 0.5) is 4.79 Å². The number of piperidine rings is 1. The SMILES string of the molecule is Cc1ccc(CNC(=O)N2CCC(C)CC2)cn1. The molecular formula is C14H21N3O. The monoisotopic (exact) mass is 247 g/mol. The van der Waals surface area contributed by atoms with E-state index in [4.69, 9.17) is 0 Å². The molecule has 0 atom stereocenters. The number of nitrogens with one attached hydrogen (secondary N) is 1. The van der Waals surface area contributed by atoms with Crippen molar-refractivity contribution in [3.05, 3.63) is 29.6 Å². The fraction of sp³-hybridized carbons (Fsp3) is 0.571. The van der Waals surface area contributed by atoms with E-state index in [0.29, 0.717) is 6.54 Å². The maximum absolute atomic E-state index is 11.9. The Morgan fingerprint density at radius 3 is 2.78 bits per heavy atom. The molecule has 0 spiro atoms. The molecule has 0 unspecified atom stereocenters. The molecule has 0 bridgehead atoms. The standard InChI is InChI=1S/C14H21N3O/c1-11-5-7-17(8-6-11)14(18)16-10-13-4-3-12(2)15-9-13/h3-4,9,11H,5-8,10H2,1-2H3,(H,16,18). The highest BCUT2D eigenvalue weighted by Gasteiger charge is 2.19. The summed E-state index contributed by atoms with van der Waals surface area (Å²) in [5, 5.41) is 2.95. The molecule has 2 amide bonds. The summed E-state index contributed by atoms with van der Waals surface area (Å²) in [7, 11) is 0. The van der Waals surface area contributed by atoms with Crippen molar-refractivity contribution in [2.75, 3.05) is 13.1 Å². The van der Waals surface area contributed by atoms with Gasteiger partial charge in [0.25, 0.3) is 0 Å². The van der Waals surface area contributed by atoms with Crippen LogP contribution in [-0.4, -0.2) is 29.0 Å². The lowest BCUT2D eigenvalue weighted by atomic mass is 10.00. The van der Waals surface area contributed by atoms with E-state index >= 15 is 0 Å². The van der Waals surface area contributed by atoms with Gasteiger partial charge in [-0.05, 0) is 37.3 Å². The first-order valence-electron chi connectivity index (χ1n) is 6.59. The summed E-state index contributed by atoms with van der Waals surface area (Å²) in [6, 6.07) is 4.01. The quantitative estimate of drug-likeness (QED) is 0.871. The van der Waals surface area contributed by atoms with E-state index in [-0.39, 0.29) is 6.03 Å². The molecule has 1 N–H and O–H groups in total. The Labute approximate surface area is 108 Å². The van der Waals surface area contributed by atoms with Gasteiger partial charge in [-0.3, -0.25) is 4.98 Å². The summed E-state index contributed by atoms with van der Waals surface area (Å²) in [5.41, 5.74) is 2.04. The second kappa shape index (κ2) is 5.85. The van der Waals surface area contributed by atoms with Crippen molar-refractivity contribution in [3.63, 3.8) is 0 Å². The number of rotatable bonds is 2. The van der Waals surface area contributed by atoms with E-state index in [2.05, 4.69) is 17.2 Å². The van der Waals surface area contributed by atoms with Gasteiger partial charge in [-0.1, -0.05) is 13.0 Å². The van der Waals surface area contributed by atoms with E-state index in [1.165, 1.54) is 0 Å². The largest absolute Gasteiger partial charge is 0.334 e. The summed E-state index contributed by atoms with van der Waals surface area (Å²) < 4.78 is 0. The van der Waals surface area contributed by atoms with Gasteiger partial charge >= 0.3 is 6.03 Å². The number of carbonyl (C=O) groups excluding carboxylic acids is 1. The van der Waals surface area contributed by atoms with Crippen LogP contribution >= 0.6 is 0 Å². The van der Waals surface area contributed by atoms with Gasteiger partial charge in [0.2, 0.25) is 0 Å². The topological polar surface area (TPSA) is 45.2 Å². The van der Waals surface area contributed by atoms with Crippen LogP contribution in [0.5, 0.6) is 0 Å². The molecule has 2 rings (SSSR count). The van der Waals surface area contributed by atoms with Gasteiger partial charge in [-0.2, -0.15) is 0 Å². The van der Waals surface area contributed by atoms with Gasteiger partial charge in [-0.25, -0.2) is 4.79 Å². The summed E-state index contributed by atoms with van der Waals surface area (Å²) >= 11 is 0. The molecule has 0 aromatic carbocycles. The minimum absolute atomic E-state index is 0.0440. The van der Waals surface area contributed by atoms with Crippen molar-refractivity contribution in [2.45, 2.75) is 33.2 Å². The van der Waals surface area contributed by atoms with Crippen LogP contribution in [0, 0.1) is 12.8 Å². The third-order valence-corrected chi connectivity index (χ3v) is 3.49. The maximum Gasteiger partial charge on any atom is 0.317 e. The third-order valence-electron chi connectivity index (χ3n) is 3.49. The zero-order chi connectivity index (χ0) is 13.0. The van der Waals surface area contributed by atoms with Gasteiger partial charge < -0.3 is 10.2 Å². The Balaban J connectivity index is 1.79. The second-order valence-electron chi connectivity index (χ2n) is 5.14. The zero-order valence-corrected chi connectivity index (χ0v) is 11.1. The van der Waals surface area contributed by atoms with Crippen LogP contribution in [0.3, 0.4) is 0 Å². The van der Waals surface area contributed by atoms with E-state index in [1.807, 2.05) is 30.2 Å². The number of hydrogen-bond acceptors (Lipinski definition) is 2. The van der Waals surface area contributed by atoms with Gasteiger partial charge in [0.15, 0.2) is 0 Å². The summed E-state index contributed by atoms with van der Waals surface area (Å²) in [4.78, 5) is 18.1. The van der Waals surface area contributed by atoms with Crippen LogP contribution < -0.4 is 5.32 Å². The van der Waals surface area contributed by atoms with E-state index in [0.717, 1.165) is 43.1 Å². The van der Waals surface area contributed by atoms with Crippen molar-refractivity contribution in [1.29, 1.82) is 0 Å². The molecule has 98 valence electrons. The molecule has 0 saturated carbocycles. The number of aromatic nitrogens is 1. The Kier molecular flexibility index (Phi) is 4.18. The maximum atomic E-state index is 11.9. The minimum atomic E-state index is 0.0440. The molecule has 1 fully saturated rings. The van der Waals surface area contributed by atoms with Crippen molar-refractivity contribution in [2.24, 2.45) is 5.92 Å². The molecule has 4 nitrogen and oxygen atoms in total. The Hall–Kier alpha value is -1.58. The normalized spacial score (nSPS) is 16.7.